The van der Waals surface area contributed by atoms with Crippen LogP contribution in [-0.2, 0) is 4.74 Å². The molecule has 90 valence electrons. The molecule has 1 N–H and O–H groups in total. The van der Waals surface area contributed by atoms with Crippen LogP contribution < -0.4 is 5.32 Å². The maximum Gasteiger partial charge on any atom is 0.0462 e. The Labute approximate surface area is 94.8 Å². The molecule has 1 fully saturated rings. The first-order valence-corrected chi connectivity index (χ1v) is 6.53. The number of hydrogen-bond donors (Lipinski definition) is 1. The highest BCUT2D eigenvalue weighted by atomic mass is 16.5. The Balaban J connectivity index is 2.13. The Kier molecular flexibility index (Phi) is 7.03. The molecule has 0 aromatic heterocycles. The minimum Gasteiger partial charge on any atom is -0.385 e. The lowest BCUT2D eigenvalue weighted by molar-refractivity contribution is 0.185. The third-order valence-corrected chi connectivity index (χ3v) is 3.65. The number of rotatable bonds is 7. The van der Waals surface area contributed by atoms with Gasteiger partial charge in [0.2, 0.25) is 0 Å². The molecule has 0 bridgehead atoms. The second-order valence-electron chi connectivity index (χ2n) is 4.86. The zero-order valence-electron chi connectivity index (χ0n) is 10.4. The Morgan fingerprint density at radius 1 is 1.27 bits per heavy atom. The van der Waals surface area contributed by atoms with Gasteiger partial charge in [0.1, 0.15) is 0 Å². The quantitative estimate of drug-likeness (QED) is 0.656. The van der Waals surface area contributed by atoms with Gasteiger partial charge in [0.05, 0.1) is 0 Å². The molecule has 1 aliphatic rings. The molecule has 1 atom stereocenters. The molecule has 2 heteroatoms. The van der Waals surface area contributed by atoms with Gasteiger partial charge in [-0.05, 0) is 32.2 Å². The molecule has 1 saturated carbocycles. The molecular formula is C13H27NO. The van der Waals surface area contributed by atoms with Gasteiger partial charge in [0, 0.05) is 19.8 Å². The van der Waals surface area contributed by atoms with E-state index < -0.39 is 0 Å². The van der Waals surface area contributed by atoms with Crippen molar-refractivity contribution in [2.24, 2.45) is 5.92 Å². The van der Waals surface area contributed by atoms with E-state index in [4.69, 9.17) is 4.74 Å². The smallest absolute Gasteiger partial charge is 0.0462 e. The van der Waals surface area contributed by atoms with Crippen LogP contribution in [0.4, 0.5) is 0 Å². The predicted octanol–water partition coefficient (Wildman–Crippen LogP) is 2.97. The second-order valence-corrected chi connectivity index (χ2v) is 4.86. The van der Waals surface area contributed by atoms with Crippen molar-refractivity contribution < 1.29 is 4.74 Å². The molecule has 0 aromatic carbocycles. The summed E-state index contributed by atoms with van der Waals surface area (Å²) < 4.78 is 5.10. The number of hydrogen-bond acceptors (Lipinski definition) is 2. The summed E-state index contributed by atoms with van der Waals surface area (Å²) in [4.78, 5) is 0. The molecule has 0 amide bonds. The van der Waals surface area contributed by atoms with Gasteiger partial charge in [0.25, 0.3) is 0 Å². The summed E-state index contributed by atoms with van der Waals surface area (Å²) in [5, 5.41) is 3.45. The number of methoxy groups -OCH3 is 1. The Hall–Kier alpha value is -0.0800. The van der Waals surface area contributed by atoms with E-state index in [-0.39, 0.29) is 0 Å². The van der Waals surface area contributed by atoms with Crippen LogP contribution in [0.25, 0.3) is 0 Å². The first-order valence-electron chi connectivity index (χ1n) is 6.53. The normalized spacial score (nSPS) is 20.4. The first-order chi connectivity index (χ1) is 7.36. The fourth-order valence-electron chi connectivity index (χ4n) is 2.68. The van der Waals surface area contributed by atoms with E-state index in [0.29, 0.717) is 6.04 Å². The van der Waals surface area contributed by atoms with Crippen LogP contribution in [-0.4, -0.2) is 26.8 Å². The third kappa shape index (κ3) is 5.53. The van der Waals surface area contributed by atoms with Crippen molar-refractivity contribution >= 4 is 0 Å². The minimum absolute atomic E-state index is 0.711. The Morgan fingerprint density at radius 2 is 2.00 bits per heavy atom. The van der Waals surface area contributed by atoms with Crippen molar-refractivity contribution in [3.8, 4) is 0 Å². The van der Waals surface area contributed by atoms with Crippen molar-refractivity contribution in [3.63, 3.8) is 0 Å². The summed E-state index contributed by atoms with van der Waals surface area (Å²) in [6.07, 6.45) is 11.1. The SMILES string of the molecule is CNC(CCCOC)CC1CCCCC1. The van der Waals surface area contributed by atoms with E-state index in [1.54, 1.807) is 7.11 Å². The lowest BCUT2D eigenvalue weighted by Gasteiger charge is -2.26. The summed E-state index contributed by atoms with van der Waals surface area (Å²) in [7, 11) is 3.88. The van der Waals surface area contributed by atoms with Crippen LogP contribution in [0.5, 0.6) is 0 Å². The van der Waals surface area contributed by atoms with E-state index in [0.717, 1.165) is 12.5 Å². The predicted molar refractivity (Wildman–Crippen MR) is 65.1 cm³/mol. The number of nitrogens with one attached hydrogen (secondary N) is 1. The summed E-state index contributed by atoms with van der Waals surface area (Å²) >= 11 is 0. The molecule has 1 unspecified atom stereocenters. The van der Waals surface area contributed by atoms with Crippen molar-refractivity contribution in [2.45, 2.75) is 57.4 Å². The van der Waals surface area contributed by atoms with Crippen molar-refractivity contribution in [1.29, 1.82) is 0 Å². The van der Waals surface area contributed by atoms with Gasteiger partial charge in [-0.15, -0.1) is 0 Å². The van der Waals surface area contributed by atoms with E-state index >= 15 is 0 Å². The summed E-state index contributed by atoms with van der Waals surface area (Å²) in [6.45, 7) is 0.906. The largest absolute Gasteiger partial charge is 0.385 e. The lowest BCUT2D eigenvalue weighted by Crippen LogP contribution is -2.28. The zero-order chi connectivity index (χ0) is 10.9. The van der Waals surface area contributed by atoms with Gasteiger partial charge in [-0.2, -0.15) is 0 Å². The number of ether oxygens (including phenoxy) is 1. The molecule has 1 rings (SSSR count). The molecule has 2 nitrogen and oxygen atoms in total. The Morgan fingerprint density at radius 3 is 2.60 bits per heavy atom. The van der Waals surface area contributed by atoms with E-state index in [9.17, 15) is 0 Å². The fraction of sp³-hybridized carbons (Fsp3) is 1.00. The highest BCUT2D eigenvalue weighted by molar-refractivity contribution is 4.73. The molecule has 1 aliphatic carbocycles. The van der Waals surface area contributed by atoms with Gasteiger partial charge >= 0.3 is 0 Å². The van der Waals surface area contributed by atoms with Crippen LogP contribution in [0, 0.1) is 5.92 Å². The first kappa shape index (κ1) is 13.0. The molecule has 0 aromatic rings. The van der Waals surface area contributed by atoms with Gasteiger partial charge in [-0.25, -0.2) is 0 Å². The minimum atomic E-state index is 0.711. The molecule has 0 heterocycles. The van der Waals surface area contributed by atoms with E-state index in [1.807, 2.05) is 0 Å². The van der Waals surface area contributed by atoms with E-state index in [1.165, 1.54) is 51.4 Å². The standard InChI is InChI=1S/C13H27NO/c1-14-13(9-6-10-15-2)11-12-7-4-3-5-8-12/h12-14H,3-11H2,1-2H3. The topological polar surface area (TPSA) is 21.3 Å². The summed E-state index contributed by atoms with van der Waals surface area (Å²) in [5.74, 6) is 0.985. The lowest BCUT2D eigenvalue weighted by atomic mass is 9.84. The highest BCUT2D eigenvalue weighted by Gasteiger charge is 2.17. The van der Waals surface area contributed by atoms with Gasteiger partial charge in [0.15, 0.2) is 0 Å². The van der Waals surface area contributed by atoms with E-state index in [2.05, 4.69) is 12.4 Å². The maximum absolute atomic E-state index is 5.10. The van der Waals surface area contributed by atoms with Crippen LogP contribution in [0.15, 0.2) is 0 Å². The molecule has 0 spiro atoms. The van der Waals surface area contributed by atoms with Crippen LogP contribution >= 0.6 is 0 Å². The van der Waals surface area contributed by atoms with Gasteiger partial charge < -0.3 is 10.1 Å². The molecule has 0 radical (unpaired) electrons. The van der Waals surface area contributed by atoms with Crippen molar-refractivity contribution in [2.75, 3.05) is 20.8 Å². The van der Waals surface area contributed by atoms with Crippen LogP contribution in [0.2, 0.25) is 0 Å². The molecular weight excluding hydrogens is 186 g/mol. The van der Waals surface area contributed by atoms with Gasteiger partial charge in [-0.1, -0.05) is 32.1 Å². The summed E-state index contributed by atoms with van der Waals surface area (Å²) in [5.41, 5.74) is 0. The molecule has 15 heavy (non-hydrogen) atoms. The van der Waals surface area contributed by atoms with Gasteiger partial charge in [-0.3, -0.25) is 0 Å². The van der Waals surface area contributed by atoms with Crippen LogP contribution in [0.1, 0.15) is 51.4 Å². The zero-order valence-corrected chi connectivity index (χ0v) is 10.4. The monoisotopic (exact) mass is 213 g/mol. The third-order valence-electron chi connectivity index (χ3n) is 3.65. The molecule has 0 saturated heterocycles. The highest BCUT2D eigenvalue weighted by Crippen LogP contribution is 2.28. The summed E-state index contributed by atoms with van der Waals surface area (Å²) in [6, 6.07) is 0.711. The fourth-order valence-corrected chi connectivity index (χ4v) is 2.68. The Bertz CT molecular complexity index is 143. The molecule has 0 aliphatic heterocycles. The second kappa shape index (κ2) is 8.12. The van der Waals surface area contributed by atoms with Crippen LogP contribution in [0.3, 0.4) is 0 Å². The maximum atomic E-state index is 5.10. The van der Waals surface area contributed by atoms with Crippen molar-refractivity contribution in [3.05, 3.63) is 0 Å². The van der Waals surface area contributed by atoms with Crippen molar-refractivity contribution in [1.82, 2.24) is 5.32 Å². The average Bonchev–Trinajstić information content (AvgIpc) is 2.29. The average molecular weight is 213 g/mol.